The zero-order chi connectivity index (χ0) is 38.6. The van der Waals surface area contributed by atoms with E-state index in [9.17, 15) is 79.4 Å². The maximum Gasteiger partial charge on any atom is 0.460 e. The van der Waals surface area contributed by atoms with Crippen LogP contribution in [0.25, 0.3) is 12.2 Å². The van der Waals surface area contributed by atoms with E-state index in [1.165, 1.54) is 4.90 Å². The SMILES string of the molecule is O=C(c1ccc(SCCC(F)(F)C(F)(F)C(F)(F)C(F)(F)C(F)(F)C(F)(F)C(F)(F)C(F)(F)F)cc1)N1c2ccccc2C=Cc2ccccc21. The molecule has 20 heteroatoms. The zero-order valence-corrected chi connectivity index (χ0v) is 25.5. The molecule has 0 radical (unpaired) electrons. The molecule has 0 unspecified atom stereocenters. The van der Waals surface area contributed by atoms with Crippen LogP contribution in [0.5, 0.6) is 0 Å². The Hall–Kier alpha value is -3.97. The number of halogens is 17. The molecule has 2 nitrogen and oxygen atoms in total. The molecule has 0 fully saturated rings. The van der Waals surface area contributed by atoms with Gasteiger partial charge in [-0.05, 0) is 47.5 Å². The van der Waals surface area contributed by atoms with Gasteiger partial charge in [-0.25, -0.2) is 0 Å². The van der Waals surface area contributed by atoms with Gasteiger partial charge in [0.15, 0.2) is 0 Å². The number of fused-ring (bicyclic) bond motifs is 2. The van der Waals surface area contributed by atoms with Crippen molar-refractivity contribution in [2.45, 2.75) is 59.0 Å². The van der Waals surface area contributed by atoms with Crippen LogP contribution in [0.3, 0.4) is 0 Å². The fraction of sp³-hybridized carbons (Fsp3) is 0.323. The number of thioether (sulfide) groups is 1. The highest BCUT2D eigenvalue weighted by molar-refractivity contribution is 7.99. The van der Waals surface area contributed by atoms with Crippen molar-refractivity contribution >= 4 is 41.2 Å². The second-order valence-electron chi connectivity index (χ2n) is 10.9. The molecule has 0 saturated carbocycles. The predicted molar refractivity (Wildman–Crippen MR) is 151 cm³/mol. The van der Waals surface area contributed by atoms with E-state index in [1.807, 2.05) is 0 Å². The Bertz CT molecular complexity index is 1740. The number of hydrogen-bond donors (Lipinski definition) is 0. The van der Waals surface area contributed by atoms with E-state index in [4.69, 9.17) is 0 Å². The predicted octanol–water partition coefficient (Wildman–Crippen LogP) is 11.6. The number of hydrogen-bond acceptors (Lipinski definition) is 2. The summed E-state index contributed by atoms with van der Waals surface area (Å²) in [6.07, 6.45) is -6.86. The summed E-state index contributed by atoms with van der Waals surface area (Å²) in [7, 11) is 0. The third-order valence-corrected chi connectivity index (χ3v) is 8.59. The van der Waals surface area contributed by atoms with Crippen LogP contribution in [0, 0.1) is 0 Å². The first-order valence-electron chi connectivity index (χ1n) is 13.8. The van der Waals surface area contributed by atoms with Crippen LogP contribution in [0.15, 0.2) is 77.7 Å². The number of anilines is 2. The second-order valence-corrected chi connectivity index (χ2v) is 12.0. The van der Waals surface area contributed by atoms with E-state index < -0.39 is 65.7 Å². The lowest BCUT2D eigenvalue weighted by atomic mass is 9.88. The molecule has 278 valence electrons. The average Bonchev–Trinajstić information content (AvgIpc) is 3.20. The molecule has 3 aromatic carbocycles. The zero-order valence-electron chi connectivity index (χ0n) is 24.7. The van der Waals surface area contributed by atoms with Gasteiger partial charge in [-0.1, -0.05) is 48.6 Å². The third kappa shape index (κ3) is 6.30. The largest absolute Gasteiger partial charge is 0.460 e. The summed E-state index contributed by atoms with van der Waals surface area (Å²) in [4.78, 5) is 14.9. The van der Waals surface area contributed by atoms with Crippen molar-refractivity contribution in [3.05, 3.63) is 89.5 Å². The Morgan fingerprint density at radius 1 is 0.510 bits per heavy atom. The Morgan fingerprint density at radius 3 is 1.33 bits per heavy atom. The monoisotopic (exact) mass is 775 g/mol. The summed E-state index contributed by atoms with van der Waals surface area (Å²) >= 11 is 0.161. The Kier molecular flexibility index (Phi) is 10.1. The Morgan fingerprint density at radius 2 is 0.902 bits per heavy atom. The van der Waals surface area contributed by atoms with Crippen LogP contribution in [0.1, 0.15) is 27.9 Å². The second kappa shape index (κ2) is 12.9. The Labute approximate surface area is 279 Å². The van der Waals surface area contributed by atoms with Crippen molar-refractivity contribution in [1.29, 1.82) is 0 Å². The maximum atomic E-state index is 14.3. The van der Waals surface area contributed by atoms with Crippen LogP contribution in [-0.2, 0) is 0 Å². The molecule has 0 spiro atoms. The van der Waals surface area contributed by atoms with Gasteiger partial charge >= 0.3 is 47.6 Å². The van der Waals surface area contributed by atoms with Crippen molar-refractivity contribution < 1.29 is 79.4 Å². The van der Waals surface area contributed by atoms with E-state index in [1.54, 1.807) is 60.7 Å². The van der Waals surface area contributed by atoms with E-state index in [2.05, 4.69) is 0 Å². The molecule has 0 aliphatic carbocycles. The number of rotatable bonds is 11. The van der Waals surface area contributed by atoms with Gasteiger partial charge in [0.25, 0.3) is 5.91 Å². The molecular formula is C31H18F17NOS. The number of amides is 1. The first-order valence-corrected chi connectivity index (χ1v) is 14.8. The fourth-order valence-corrected chi connectivity index (χ4v) is 5.59. The van der Waals surface area contributed by atoms with Crippen molar-refractivity contribution in [1.82, 2.24) is 0 Å². The number of nitrogens with zero attached hydrogens (tertiary/aromatic N) is 1. The lowest BCUT2D eigenvalue weighted by Crippen LogP contribution is -2.74. The molecule has 0 aromatic heterocycles. The van der Waals surface area contributed by atoms with Crippen molar-refractivity contribution in [2.24, 2.45) is 0 Å². The molecule has 1 aliphatic rings. The molecule has 51 heavy (non-hydrogen) atoms. The van der Waals surface area contributed by atoms with Crippen molar-refractivity contribution in [3.8, 4) is 0 Å². The van der Waals surface area contributed by atoms with Gasteiger partial charge < -0.3 is 0 Å². The van der Waals surface area contributed by atoms with Crippen LogP contribution < -0.4 is 4.90 Å². The maximum absolute atomic E-state index is 14.3. The summed E-state index contributed by atoms with van der Waals surface area (Å²) < 4.78 is 230. The van der Waals surface area contributed by atoms with Gasteiger partial charge in [0.2, 0.25) is 0 Å². The molecule has 0 N–H and O–H groups in total. The van der Waals surface area contributed by atoms with E-state index in [0.29, 0.717) is 22.5 Å². The minimum absolute atomic E-state index is 0.0153. The van der Waals surface area contributed by atoms with Gasteiger partial charge in [-0.15, -0.1) is 11.8 Å². The first-order chi connectivity index (χ1) is 23.2. The minimum atomic E-state index is -8.66. The quantitative estimate of drug-likeness (QED) is 0.143. The average molecular weight is 776 g/mol. The number of alkyl halides is 17. The lowest BCUT2D eigenvalue weighted by molar-refractivity contribution is -0.461. The first kappa shape index (κ1) is 39.8. The lowest BCUT2D eigenvalue weighted by Gasteiger charge is -2.42. The molecule has 1 amide bonds. The number of carbonyl (C=O) groups is 1. The molecule has 1 heterocycles. The van der Waals surface area contributed by atoms with Crippen LogP contribution in [0.4, 0.5) is 86.0 Å². The highest BCUT2D eigenvalue weighted by Crippen LogP contribution is 2.64. The van der Waals surface area contributed by atoms with Crippen molar-refractivity contribution in [3.63, 3.8) is 0 Å². The van der Waals surface area contributed by atoms with Crippen LogP contribution >= 0.6 is 11.8 Å². The highest BCUT2D eigenvalue weighted by Gasteiger charge is 2.95. The molecule has 1 aliphatic heterocycles. The molecule has 3 aromatic rings. The van der Waals surface area contributed by atoms with Gasteiger partial charge in [0.1, 0.15) is 0 Å². The standard InChI is InChI=1S/C31H18F17NOS/c32-24(33,25(34,35)26(36,37)27(38,39)28(40,41)29(42,43)30(44,45)31(46,47)48)15-16-51-20-13-11-19(12-14-20)23(50)49-21-7-3-1-5-17(21)9-10-18-6-2-4-8-22(18)49/h1-14H,15-16H2. The third-order valence-electron chi connectivity index (χ3n) is 7.57. The summed E-state index contributed by atoms with van der Waals surface area (Å²) in [5.74, 6) is -58.5. The topological polar surface area (TPSA) is 20.3 Å². The van der Waals surface area contributed by atoms with Crippen LogP contribution in [0.2, 0.25) is 0 Å². The Balaban J connectivity index is 1.51. The molecular weight excluding hydrogens is 757 g/mol. The highest BCUT2D eigenvalue weighted by atomic mass is 32.2. The molecule has 0 saturated heterocycles. The summed E-state index contributed by atoms with van der Waals surface area (Å²) in [6.45, 7) is 0. The minimum Gasteiger partial charge on any atom is -0.276 e. The number of para-hydroxylation sites is 2. The number of carbonyl (C=O) groups excluding carboxylic acids is 1. The fourth-order valence-electron chi connectivity index (χ4n) is 4.67. The number of benzene rings is 3. The molecule has 4 rings (SSSR count). The van der Waals surface area contributed by atoms with Crippen LogP contribution in [-0.4, -0.2) is 59.3 Å². The van der Waals surface area contributed by atoms with Gasteiger partial charge in [0.05, 0.1) is 11.4 Å². The summed E-state index contributed by atoms with van der Waals surface area (Å²) in [6, 6.07) is 17.9. The van der Waals surface area contributed by atoms with Gasteiger partial charge in [-0.2, -0.15) is 74.6 Å². The molecule has 0 atom stereocenters. The van der Waals surface area contributed by atoms with Gasteiger partial charge in [0, 0.05) is 22.6 Å². The van der Waals surface area contributed by atoms with Gasteiger partial charge in [-0.3, -0.25) is 9.69 Å². The van der Waals surface area contributed by atoms with Crippen molar-refractivity contribution in [2.75, 3.05) is 10.7 Å². The smallest absolute Gasteiger partial charge is 0.276 e. The normalized spacial score (nSPS) is 15.0. The summed E-state index contributed by atoms with van der Waals surface area (Å²) in [5.41, 5.74) is 2.20. The summed E-state index contributed by atoms with van der Waals surface area (Å²) in [5, 5.41) is 0. The van der Waals surface area contributed by atoms with E-state index in [0.717, 1.165) is 24.3 Å². The molecule has 0 bridgehead atoms. The van der Waals surface area contributed by atoms with E-state index in [-0.39, 0.29) is 22.2 Å². The van der Waals surface area contributed by atoms with E-state index >= 15 is 0 Å².